The summed E-state index contributed by atoms with van der Waals surface area (Å²) < 4.78 is 8.94. The first-order valence-electron chi connectivity index (χ1n) is 14.4. The molecule has 1 aliphatic rings. The predicted octanol–water partition coefficient (Wildman–Crippen LogP) is 11.2. The summed E-state index contributed by atoms with van der Waals surface area (Å²) in [5, 5.41) is 7.36. The van der Waals surface area contributed by atoms with Crippen molar-refractivity contribution in [2.45, 2.75) is 0 Å². The molecule has 0 spiro atoms. The van der Waals surface area contributed by atoms with Crippen LogP contribution in [0, 0.1) is 0 Å². The van der Waals surface area contributed by atoms with E-state index in [1.165, 1.54) is 60.4 Å². The lowest BCUT2D eigenvalue weighted by molar-refractivity contribution is 0.671. The van der Waals surface area contributed by atoms with E-state index in [-0.39, 0.29) is 0 Å². The molecule has 0 fully saturated rings. The molecule has 0 saturated carbocycles. The van der Waals surface area contributed by atoms with E-state index >= 15 is 0 Å². The van der Waals surface area contributed by atoms with Crippen LogP contribution >= 0.6 is 0 Å². The minimum absolute atomic E-state index is 0.916. The maximum absolute atomic E-state index is 6.57. The second kappa shape index (κ2) is 7.99. The SMILES string of the molecule is c1ccc(-n2c3ccc(-c4ccc5c6c(cccc46)-c4ccccc4-5)cc3c3ccc4c5ccccc5oc4c32)cc1. The lowest BCUT2D eigenvalue weighted by atomic mass is 9.93. The zero-order valence-corrected chi connectivity index (χ0v) is 22.6. The minimum Gasteiger partial charge on any atom is -0.454 e. The van der Waals surface area contributed by atoms with Crippen LogP contribution in [0.25, 0.3) is 93.6 Å². The topological polar surface area (TPSA) is 18.1 Å². The molecule has 0 radical (unpaired) electrons. The molecule has 0 unspecified atom stereocenters. The summed E-state index contributed by atoms with van der Waals surface area (Å²) >= 11 is 0. The molecule has 0 amide bonds. The maximum atomic E-state index is 6.57. The number of para-hydroxylation sites is 2. The van der Waals surface area contributed by atoms with Gasteiger partial charge in [-0.1, -0.05) is 103 Å². The normalized spacial score (nSPS) is 12.3. The van der Waals surface area contributed by atoms with Gasteiger partial charge >= 0.3 is 0 Å². The van der Waals surface area contributed by atoms with Crippen molar-refractivity contribution in [3.05, 3.63) is 140 Å². The van der Waals surface area contributed by atoms with Gasteiger partial charge in [0.05, 0.1) is 11.0 Å². The summed E-state index contributed by atoms with van der Waals surface area (Å²) in [5.74, 6) is 0. The van der Waals surface area contributed by atoms with Crippen LogP contribution in [0.3, 0.4) is 0 Å². The van der Waals surface area contributed by atoms with Gasteiger partial charge in [-0.15, -0.1) is 0 Å². The van der Waals surface area contributed by atoms with E-state index in [0.717, 1.165) is 33.1 Å². The Morgan fingerprint density at radius 2 is 1.12 bits per heavy atom. The van der Waals surface area contributed by atoms with Gasteiger partial charge in [0.15, 0.2) is 5.58 Å². The number of hydrogen-bond acceptors (Lipinski definition) is 1. The molecule has 2 aromatic heterocycles. The fourth-order valence-corrected chi connectivity index (χ4v) is 7.35. The van der Waals surface area contributed by atoms with Gasteiger partial charge in [-0.25, -0.2) is 0 Å². The minimum atomic E-state index is 0.916. The average molecular weight is 534 g/mol. The van der Waals surface area contributed by atoms with Crippen molar-refractivity contribution in [3.8, 4) is 39.1 Å². The molecule has 7 aromatic carbocycles. The summed E-state index contributed by atoms with van der Waals surface area (Å²) in [6.07, 6.45) is 0. The molecular formula is C40H23NO. The van der Waals surface area contributed by atoms with Crippen LogP contribution in [-0.2, 0) is 0 Å². The highest BCUT2D eigenvalue weighted by Crippen LogP contribution is 2.49. The molecule has 0 bridgehead atoms. The molecule has 9 aromatic rings. The molecule has 0 saturated heterocycles. The average Bonchev–Trinajstić information content (AvgIpc) is 3.70. The summed E-state index contributed by atoms with van der Waals surface area (Å²) in [6, 6.07) is 50.5. The van der Waals surface area contributed by atoms with Crippen LogP contribution in [0.4, 0.5) is 0 Å². The molecule has 1 aliphatic carbocycles. The van der Waals surface area contributed by atoms with Crippen molar-refractivity contribution in [1.29, 1.82) is 0 Å². The van der Waals surface area contributed by atoms with Crippen molar-refractivity contribution in [2.24, 2.45) is 0 Å². The number of rotatable bonds is 2. The first-order chi connectivity index (χ1) is 20.8. The fourth-order valence-electron chi connectivity index (χ4n) is 7.35. The number of furan rings is 1. The number of benzene rings is 7. The zero-order chi connectivity index (χ0) is 27.4. The van der Waals surface area contributed by atoms with E-state index in [9.17, 15) is 0 Å². The first kappa shape index (κ1) is 22.1. The van der Waals surface area contributed by atoms with Crippen LogP contribution in [0.1, 0.15) is 0 Å². The van der Waals surface area contributed by atoms with E-state index in [4.69, 9.17) is 4.42 Å². The predicted molar refractivity (Wildman–Crippen MR) is 175 cm³/mol. The van der Waals surface area contributed by atoms with Crippen molar-refractivity contribution < 1.29 is 4.42 Å². The fraction of sp³-hybridized carbons (Fsp3) is 0. The van der Waals surface area contributed by atoms with Crippen LogP contribution in [0.5, 0.6) is 0 Å². The van der Waals surface area contributed by atoms with Gasteiger partial charge in [-0.3, -0.25) is 0 Å². The monoisotopic (exact) mass is 533 g/mol. The maximum Gasteiger partial charge on any atom is 0.160 e. The molecule has 2 nitrogen and oxygen atoms in total. The molecule has 42 heavy (non-hydrogen) atoms. The van der Waals surface area contributed by atoms with Crippen LogP contribution in [-0.4, -0.2) is 4.57 Å². The van der Waals surface area contributed by atoms with Crippen LogP contribution in [0.2, 0.25) is 0 Å². The van der Waals surface area contributed by atoms with Crippen LogP contribution < -0.4 is 0 Å². The van der Waals surface area contributed by atoms with Crippen LogP contribution in [0.15, 0.2) is 144 Å². The van der Waals surface area contributed by atoms with Crippen molar-refractivity contribution in [2.75, 3.05) is 0 Å². The highest BCUT2D eigenvalue weighted by Gasteiger charge is 2.23. The number of fused-ring (bicyclic) bond motifs is 10. The summed E-state index contributed by atoms with van der Waals surface area (Å²) in [4.78, 5) is 0. The molecule has 0 atom stereocenters. The Kier molecular flexibility index (Phi) is 4.21. The molecule has 0 aliphatic heterocycles. The van der Waals surface area contributed by atoms with Gasteiger partial charge < -0.3 is 8.98 Å². The third-order valence-electron chi connectivity index (χ3n) is 9.15. The lowest BCUT2D eigenvalue weighted by Crippen LogP contribution is -1.93. The third-order valence-corrected chi connectivity index (χ3v) is 9.15. The number of hydrogen-bond donors (Lipinski definition) is 0. The van der Waals surface area contributed by atoms with Gasteiger partial charge in [-0.05, 0) is 80.6 Å². The van der Waals surface area contributed by atoms with Gasteiger partial charge in [0.2, 0.25) is 0 Å². The van der Waals surface area contributed by atoms with E-state index in [2.05, 4.69) is 138 Å². The van der Waals surface area contributed by atoms with Gasteiger partial charge in [0.1, 0.15) is 5.58 Å². The van der Waals surface area contributed by atoms with E-state index in [0.29, 0.717) is 0 Å². The molecule has 2 heterocycles. The van der Waals surface area contributed by atoms with Crippen molar-refractivity contribution >= 4 is 54.5 Å². The Balaban J connectivity index is 1.29. The van der Waals surface area contributed by atoms with Gasteiger partial charge in [-0.2, -0.15) is 0 Å². The Morgan fingerprint density at radius 1 is 0.429 bits per heavy atom. The van der Waals surface area contributed by atoms with Gasteiger partial charge in [0, 0.05) is 27.2 Å². The molecule has 2 heteroatoms. The zero-order valence-electron chi connectivity index (χ0n) is 22.6. The second-order valence-electron chi connectivity index (χ2n) is 11.3. The second-order valence-corrected chi connectivity index (χ2v) is 11.3. The Morgan fingerprint density at radius 3 is 2.00 bits per heavy atom. The summed E-state index contributed by atoms with van der Waals surface area (Å²) in [6.45, 7) is 0. The molecule has 10 rings (SSSR count). The van der Waals surface area contributed by atoms with Crippen molar-refractivity contribution in [3.63, 3.8) is 0 Å². The van der Waals surface area contributed by atoms with Crippen molar-refractivity contribution in [1.82, 2.24) is 4.57 Å². The van der Waals surface area contributed by atoms with E-state index in [1.54, 1.807) is 0 Å². The third kappa shape index (κ3) is 2.78. The van der Waals surface area contributed by atoms with Gasteiger partial charge in [0.25, 0.3) is 0 Å². The quantitative estimate of drug-likeness (QED) is 0.216. The molecular weight excluding hydrogens is 510 g/mol. The van der Waals surface area contributed by atoms with E-state index in [1.807, 2.05) is 6.07 Å². The standard InChI is InChI=1S/C40H23NO/c1-2-9-25(10-3-1)41-36-22-17-24(23-35(36)33-20-21-34-29-13-6-7-16-37(29)42-40(34)39(33)41)26-18-19-32-28-12-5-4-11-27(28)31-15-8-14-30(26)38(31)32/h1-23H. The Bertz CT molecular complexity index is 2530. The Hall–Kier alpha value is -5.60. The smallest absolute Gasteiger partial charge is 0.160 e. The lowest BCUT2D eigenvalue weighted by Gasteiger charge is -2.11. The summed E-state index contributed by atoms with van der Waals surface area (Å²) in [7, 11) is 0. The highest BCUT2D eigenvalue weighted by molar-refractivity contribution is 6.23. The molecule has 0 N–H and O–H groups in total. The largest absolute Gasteiger partial charge is 0.454 e. The highest BCUT2D eigenvalue weighted by atomic mass is 16.3. The summed E-state index contributed by atoms with van der Waals surface area (Å²) in [5.41, 5.74) is 13.0. The molecule has 194 valence electrons. The number of nitrogens with zero attached hydrogens (tertiary/aromatic N) is 1. The first-order valence-corrected chi connectivity index (χ1v) is 14.4. The van der Waals surface area contributed by atoms with E-state index < -0.39 is 0 Å². The number of aromatic nitrogens is 1. The Labute approximate surface area is 241 Å².